The molecule has 0 aliphatic heterocycles. The van der Waals surface area contributed by atoms with Crippen LogP contribution in [0.2, 0.25) is 0 Å². The second kappa shape index (κ2) is 4.27. The number of aliphatic hydroxyl groups is 1. The van der Waals surface area contributed by atoms with E-state index >= 15 is 0 Å². The van der Waals surface area contributed by atoms with Gasteiger partial charge >= 0.3 is 0 Å². The standard InChI is InChI=1S/C12H14F2O/c13-9-5-6-10(11(14)7-9)12(15)8-3-1-2-4-8/h5-8,12,15H,1-4H2/t12-/m0/s1. The summed E-state index contributed by atoms with van der Waals surface area (Å²) in [6.07, 6.45) is 3.25. The van der Waals surface area contributed by atoms with Crippen molar-refractivity contribution in [3.63, 3.8) is 0 Å². The van der Waals surface area contributed by atoms with E-state index in [1.165, 1.54) is 12.1 Å². The smallest absolute Gasteiger partial charge is 0.131 e. The van der Waals surface area contributed by atoms with Gasteiger partial charge in [0.1, 0.15) is 11.6 Å². The third-order valence-electron chi connectivity index (χ3n) is 3.13. The monoisotopic (exact) mass is 212 g/mol. The second-order valence-corrected chi connectivity index (χ2v) is 4.16. The summed E-state index contributed by atoms with van der Waals surface area (Å²) in [7, 11) is 0. The van der Waals surface area contributed by atoms with Gasteiger partial charge in [0, 0.05) is 11.6 Å². The number of rotatable bonds is 2. The molecule has 0 heterocycles. The van der Waals surface area contributed by atoms with Crippen molar-refractivity contribution in [3.8, 4) is 0 Å². The molecule has 0 aromatic heterocycles. The summed E-state index contributed by atoms with van der Waals surface area (Å²) in [4.78, 5) is 0. The summed E-state index contributed by atoms with van der Waals surface area (Å²) in [5, 5.41) is 9.93. The second-order valence-electron chi connectivity index (χ2n) is 4.16. The molecule has 1 aliphatic rings. The normalized spacial score (nSPS) is 19.4. The number of aliphatic hydroxyl groups excluding tert-OH is 1. The zero-order valence-electron chi connectivity index (χ0n) is 8.42. The van der Waals surface area contributed by atoms with Crippen LogP contribution in [-0.4, -0.2) is 5.11 Å². The SMILES string of the molecule is O[C@H](c1ccc(F)cc1F)C1CCCC1. The van der Waals surface area contributed by atoms with Crippen molar-refractivity contribution in [2.45, 2.75) is 31.8 Å². The van der Waals surface area contributed by atoms with E-state index in [1.807, 2.05) is 0 Å². The van der Waals surface area contributed by atoms with Crippen LogP contribution in [-0.2, 0) is 0 Å². The highest BCUT2D eigenvalue weighted by Gasteiger charge is 2.26. The first-order chi connectivity index (χ1) is 7.18. The van der Waals surface area contributed by atoms with Gasteiger partial charge in [-0.2, -0.15) is 0 Å². The van der Waals surface area contributed by atoms with Crippen LogP contribution in [0.3, 0.4) is 0 Å². The lowest BCUT2D eigenvalue weighted by Gasteiger charge is -2.18. The Balaban J connectivity index is 2.20. The van der Waals surface area contributed by atoms with Gasteiger partial charge in [-0.25, -0.2) is 8.78 Å². The molecule has 0 unspecified atom stereocenters. The van der Waals surface area contributed by atoms with Gasteiger partial charge in [0.25, 0.3) is 0 Å². The quantitative estimate of drug-likeness (QED) is 0.798. The average molecular weight is 212 g/mol. The van der Waals surface area contributed by atoms with E-state index in [2.05, 4.69) is 0 Å². The molecule has 1 nitrogen and oxygen atoms in total. The van der Waals surface area contributed by atoms with Crippen LogP contribution in [0.4, 0.5) is 8.78 Å². The molecule has 1 fully saturated rings. The van der Waals surface area contributed by atoms with E-state index in [9.17, 15) is 13.9 Å². The van der Waals surface area contributed by atoms with Gasteiger partial charge in [0.15, 0.2) is 0 Å². The first kappa shape index (κ1) is 10.6. The maximum Gasteiger partial charge on any atom is 0.131 e. The Bertz CT molecular complexity index is 345. The molecule has 0 amide bonds. The van der Waals surface area contributed by atoms with Gasteiger partial charge in [0.2, 0.25) is 0 Å². The Morgan fingerprint density at radius 3 is 2.47 bits per heavy atom. The van der Waals surface area contributed by atoms with Crippen LogP contribution in [0.25, 0.3) is 0 Å². The molecule has 0 saturated heterocycles. The van der Waals surface area contributed by atoms with Gasteiger partial charge in [-0.05, 0) is 24.8 Å². The molecule has 1 aliphatic carbocycles. The minimum absolute atomic E-state index is 0.130. The average Bonchev–Trinajstić information content (AvgIpc) is 2.69. The topological polar surface area (TPSA) is 20.2 Å². The Morgan fingerprint density at radius 1 is 1.20 bits per heavy atom. The van der Waals surface area contributed by atoms with Gasteiger partial charge in [0.05, 0.1) is 6.10 Å². The molecule has 0 radical (unpaired) electrons. The molecule has 1 atom stereocenters. The first-order valence-electron chi connectivity index (χ1n) is 5.31. The fourth-order valence-corrected chi connectivity index (χ4v) is 2.27. The van der Waals surface area contributed by atoms with E-state index in [1.54, 1.807) is 0 Å². The van der Waals surface area contributed by atoms with Gasteiger partial charge in [-0.1, -0.05) is 18.9 Å². The third-order valence-corrected chi connectivity index (χ3v) is 3.13. The molecule has 0 spiro atoms. The van der Waals surface area contributed by atoms with E-state index in [4.69, 9.17) is 0 Å². The molecule has 1 aromatic rings. The molecule has 2 rings (SSSR count). The van der Waals surface area contributed by atoms with Crippen LogP contribution in [0, 0.1) is 17.6 Å². The Labute approximate surface area is 87.7 Å². The van der Waals surface area contributed by atoms with Crippen LogP contribution in [0.5, 0.6) is 0 Å². The van der Waals surface area contributed by atoms with Crippen molar-refractivity contribution in [3.05, 3.63) is 35.4 Å². The van der Waals surface area contributed by atoms with Crippen LogP contribution >= 0.6 is 0 Å². The number of benzene rings is 1. The van der Waals surface area contributed by atoms with Crippen molar-refractivity contribution >= 4 is 0 Å². The third kappa shape index (κ3) is 2.17. The summed E-state index contributed by atoms with van der Waals surface area (Å²) in [5.41, 5.74) is 0.225. The van der Waals surface area contributed by atoms with Crippen molar-refractivity contribution < 1.29 is 13.9 Å². The highest BCUT2D eigenvalue weighted by atomic mass is 19.1. The summed E-state index contributed by atoms with van der Waals surface area (Å²) in [5.74, 6) is -1.12. The van der Waals surface area contributed by atoms with Gasteiger partial charge in [-0.3, -0.25) is 0 Å². The molecular formula is C12H14F2O. The number of halogens is 2. The Hall–Kier alpha value is -0.960. The summed E-state index contributed by atoms with van der Waals surface area (Å²) >= 11 is 0. The van der Waals surface area contributed by atoms with Crippen LogP contribution in [0.1, 0.15) is 37.4 Å². The Morgan fingerprint density at radius 2 is 1.87 bits per heavy atom. The minimum Gasteiger partial charge on any atom is -0.388 e. The zero-order valence-corrected chi connectivity index (χ0v) is 8.42. The lowest BCUT2D eigenvalue weighted by molar-refractivity contribution is 0.108. The van der Waals surface area contributed by atoms with Crippen molar-refractivity contribution in [2.75, 3.05) is 0 Å². The largest absolute Gasteiger partial charge is 0.388 e. The van der Waals surface area contributed by atoms with E-state index in [-0.39, 0.29) is 11.5 Å². The highest BCUT2D eigenvalue weighted by Crippen LogP contribution is 2.36. The number of hydrogen-bond acceptors (Lipinski definition) is 1. The predicted octanol–water partition coefficient (Wildman–Crippen LogP) is 3.19. The first-order valence-corrected chi connectivity index (χ1v) is 5.31. The number of hydrogen-bond donors (Lipinski definition) is 1. The summed E-state index contributed by atoms with van der Waals surface area (Å²) < 4.78 is 26.0. The molecule has 1 saturated carbocycles. The molecule has 3 heteroatoms. The van der Waals surface area contributed by atoms with E-state index < -0.39 is 17.7 Å². The summed E-state index contributed by atoms with van der Waals surface area (Å²) in [6.45, 7) is 0. The van der Waals surface area contributed by atoms with E-state index in [0.717, 1.165) is 31.7 Å². The maximum absolute atomic E-state index is 13.4. The lowest BCUT2D eigenvalue weighted by atomic mass is 9.94. The molecule has 1 aromatic carbocycles. The fourth-order valence-electron chi connectivity index (χ4n) is 2.27. The van der Waals surface area contributed by atoms with Crippen molar-refractivity contribution in [2.24, 2.45) is 5.92 Å². The highest BCUT2D eigenvalue weighted by molar-refractivity contribution is 5.21. The van der Waals surface area contributed by atoms with Crippen LogP contribution < -0.4 is 0 Å². The molecule has 82 valence electrons. The maximum atomic E-state index is 13.4. The fraction of sp³-hybridized carbons (Fsp3) is 0.500. The Kier molecular flexibility index (Phi) is 3.00. The molecular weight excluding hydrogens is 198 g/mol. The van der Waals surface area contributed by atoms with Crippen LogP contribution in [0.15, 0.2) is 18.2 Å². The van der Waals surface area contributed by atoms with Gasteiger partial charge in [-0.15, -0.1) is 0 Å². The van der Waals surface area contributed by atoms with Crippen molar-refractivity contribution in [1.82, 2.24) is 0 Å². The summed E-state index contributed by atoms with van der Waals surface area (Å²) in [6, 6.07) is 3.36. The molecule has 0 bridgehead atoms. The van der Waals surface area contributed by atoms with Gasteiger partial charge < -0.3 is 5.11 Å². The zero-order chi connectivity index (χ0) is 10.8. The lowest BCUT2D eigenvalue weighted by Crippen LogP contribution is -2.10. The molecule has 15 heavy (non-hydrogen) atoms. The van der Waals surface area contributed by atoms with Crippen molar-refractivity contribution in [1.29, 1.82) is 0 Å². The predicted molar refractivity (Wildman–Crippen MR) is 53.3 cm³/mol. The minimum atomic E-state index is -0.784. The molecule has 1 N–H and O–H groups in total. The van der Waals surface area contributed by atoms with E-state index in [0.29, 0.717) is 0 Å².